The fourth-order valence-electron chi connectivity index (χ4n) is 1.19. The standard InChI is InChI=1S/C10H11ClN4S/c1-2-7-5-14-9(16-7)6-13-8-3-4-12-10(11)15-8/h3-5H,2,6H2,1H3,(H,12,13,15). The van der Waals surface area contributed by atoms with Gasteiger partial charge in [-0.15, -0.1) is 11.3 Å². The summed E-state index contributed by atoms with van der Waals surface area (Å²) in [5.74, 6) is 0.716. The highest BCUT2D eigenvalue weighted by Crippen LogP contribution is 2.15. The van der Waals surface area contributed by atoms with Gasteiger partial charge in [-0.05, 0) is 24.1 Å². The number of halogens is 1. The van der Waals surface area contributed by atoms with Gasteiger partial charge in [-0.25, -0.2) is 15.0 Å². The summed E-state index contributed by atoms with van der Waals surface area (Å²) in [5.41, 5.74) is 0. The van der Waals surface area contributed by atoms with Gasteiger partial charge in [-0.1, -0.05) is 6.92 Å². The van der Waals surface area contributed by atoms with E-state index >= 15 is 0 Å². The molecule has 0 amide bonds. The predicted molar refractivity (Wildman–Crippen MR) is 65.9 cm³/mol. The molecule has 0 atom stereocenters. The van der Waals surface area contributed by atoms with Crippen molar-refractivity contribution in [2.24, 2.45) is 0 Å². The van der Waals surface area contributed by atoms with Crippen molar-refractivity contribution in [1.29, 1.82) is 0 Å². The summed E-state index contributed by atoms with van der Waals surface area (Å²) < 4.78 is 0. The molecular weight excluding hydrogens is 244 g/mol. The van der Waals surface area contributed by atoms with E-state index < -0.39 is 0 Å². The lowest BCUT2D eigenvalue weighted by molar-refractivity contribution is 1.06. The molecule has 0 aliphatic carbocycles. The van der Waals surface area contributed by atoms with Crippen molar-refractivity contribution in [1.82, 2.24) is 15.0 Å². The molecule has 0 spiro atoms. The van der Waals surface area contributed by atoms with E-state index in [1.165, 1.54) is 4.88 Å². The van der Waals surface area contributed by atoms with Crippen LogP contribution in [0.25, 0.3) is 0 Å². The summed E-state index contributed by atoms with van der Waals surface area (Å²) in [7, 11) is 0. The molecular formula is C10H11ClN4S. The normalized spacial score (nSPS) is 10.4. The van der Waals surface area contributed by atoms with E-state index in [2.05, 4.69) is 27.2 Å². The Morgan fingerprint density at radius 2 is 2.31 bits per heavy atom. The van der Waals surface area contributed by atoms with Crippen LogP contribution in [0.5, 0.6) is 0 Å². The Hall–Kier alpha value is -1.20. The summed E-state index contributed by atoms with van der Waals surface area (Å²) in [6.07, 6.45) is 4.56. The van der Waals surface area contributed by atoms with Crippen LogP contribution in [0, 0.1) is 0 Å². The second-order valence-electron chi connectivity index (χ2n) is 3.14. The van der Waals surface area contributed by atoms with Gasteiger partial charge in [0.2, 0.25) is 5.28 Å². The number of rotatable bonds is 4. The molecule has 1 N–H and O–H groups in total. The molecule has 2 aromatic heterocycles. The van der Waals surface area contributed by atoms with Gasteiger partial charge in [-0.3, -0.25) is 0 Å². The number of hydrogen-bond acceptors (Lipinski definition) is 5. The molecule has 0 aliphatic heterocycles. The molecule has 2 aromatic rings. The maximum absolute atomic E-state index is 5.68. The molecule has 0 saturated carbocycles. The van der Waals surface area contributed by atoms with Gasteiger partial charge in [-0.2, -0.15) is 0 Å². The fourth-order valence-corrected chi connectivity index (χ4v) is 2.14. The molecule has 6 heteroatoms. The molecule has 0 aromatic carbocycles. The number of hydrogen-bond donors (Lipinski definition) is 1. The van der Waals surface area contributed by atoms with Gasteiger partial charge in [0.05, 0.1) is 6.54 Å². The molecule has 0 aliphatic rings. The molecule has 0 unspecified atom stereocenters. The number of nitrogens with zero attached hydrogens (tertiary/aromatic N) is 3. The van der Waals surface area contributed by atoms with Gasteiger partial charge in [0.1, 0.15) is 10.8 Å². The van der Waals surface area contributed by atoms with Crippen LogP contribution >= 0.6 is 22.9 Å². The third-order valence-electron chi connectivity index (χ3n) is 2.00. The lowest BCUT2D eigenvalue weighted by Gasteiger charge is -2.02. The SMILES string of the molecule is CCc1cnc(CNc2ccnc(Cl)n2)s1. The quantitative estimate of drug-likeness (QED) is 0.853. The molecule has 0 fully saturated rings. The zero-order valence-electron chi connectivity index (χ0n) is 8.77. The lowest BCUT2D eigenvalue weighted by Crippen LogP contribution is -2.01. The van der Waals surface area contributed by atoms with Crippen molar-refractivity contribution >= 4 is 28.8 Å². The Morgan fingerprint density at radius 1 is 1.44 bits per heavy atom. The molecule has 0 bridgehead atoms. The van der Waals surface area contributed by atoms with E-state index in [0.29, 0.717) is 12.4 Å². The Bertz CT molecular complexity index is 471. The monoisotopic (exact) mass is 254 g/mol. The zero-order chi connectivity index (χ0) is 11.4. The smallest absolute Gasteiger partial charge is 0.224 e. The van der Waals surface area contributed by atoms with Gasteiger partial charge in [0.15, 0.2) is 0 Å². The van der Waals surface area contributed by atoms with Crippen molar-refractivity contribution < 1.29 is 0 Å². The minimum Gasteiger partial charge on any atom is -0.363 e. The first-order chi connectivity index (χ1) is 7.78. The van der Waals surface area contributed by atoms with Crippen LogP contribution in [0.1, 0.15) is 16.8 Å². The van der Waals surface area contributed by atoms with Crippen molar-refractivity contribution in [2.75, 3.05) is 5.32 Å². The van der Waals surface area contributed by atoms with E-state index in [1.807, 2.05) is 6.20 Å². The maximum atomic E-state index is 5.68. The Balaban J connectivity index is 1.96. The number of aryl methyl sites for hydroxylation is 1. The average molecular weight is 255 g/mol. The Labute approximate surface area is 103 Å². The summed E-state index contributed by atoms with van der Waals surface area (Å²) >= 11 is 7.38. The number of aromatic nitrogens is 3. The Kier molecular flexibility index (Phi) is 3.69. The average Bonchev–Trinajstić information content (AvgIpc) is 2.74. The third-order valence-corrected chi connectivity index (χ3v) is 3.32. The van der Waals surface area contributed by atoms with Crippen molar-refractivity contribution in [2.45, 2.75) is 19.9 Å². The highest BCUT2D eigenvalue weighted by molar-refractivity contribution is 7.11. The van der Waals surface area contributed by atoms with E-state index in [1.54, 1.807) is 23.6 Å². The van der Waals surface area contributed by atoms with Gasteiger partial charge in [0, 0.05) is 17.3 Å². The van der Waals surface area contributed by atoms with Crippen LogP contribution < -0.4 is 5.32 Å². The second kappa shape index (κ2) is 5.23. The third kappa shape index (κ3) is 2.90. The first-order valence-electron chi connectivity index (χ1n) is 4.94. The molecule has 2 heterocycles. The van der Waals surface area contributed by atoms with Crippen molar-refractivity contribution in [3.05, 3.63) is 33.6 Å². The van der Waals surface area contributed by atoms with Crippen molar-refractivity contribution in [3.8, 4) is 0 Å². The topological polar surface area (TPSA) is 50.7 Å². The first-order valence-corrected chi connectivity index (χ1v) is 6.13. The zero-order valence-corrected chi connectivity index (χ0v) is 10.3. The van der Waals surface area contributed by atoms with Crippen LogP contribution in [-0.4, -0.2) is 15.0 Å². The Morgan fingerprint density at radius 3 is 3.00 bits per heavy atom. The molecule has 0 saturated heterocycles. The van der Waals surface area contributed by atoms with Crippen LogP contribution in [0.3, 0.4) is 0 Å². The minimum atomic E-state index is 0.249. The van der Waals surface area contributed by atoms with Gasteiger partial charge in [0.25, 0.3) is 0 Å². The predicted octanol–water partition coefficient (Wildman–Crippen LogP) is 2.76. The summed E-state index contributed by atoms with van der Waals surface area (Å²) in [4.78, 5) is 13.4. The minimum absolute atomic E-state index is 0.249. The van der Waals surface area contributed by atoms with Crippen LogP contribution in [0.2, 0.25) is 5.28 Å². The molecule has 2 rings (SSSR count). The fraction of sp³-hybridized carbons (Fsp3) is 0.300. The van der Waals surface area contributed by atoms with E-state index in [9.17, 15) is 0 Å². The maximum Gasteiger partial charge on any atom is 0.224 e. The second-order valence-corrected chi connectivity index (χ2v) is 4.68. The van der Waals surface area contributed by atoms with E-state index in [4.69, 9.17) is 11.6 Å². The largest absolute Gasteiger partial charge is 0.363 e. The van der Waals surface area contributed by atoms with Crippen LogP contribution in [-0.2, 0) is 13.0 Å². The van der Waals surface area contributed by atoms with Gasteiger partial charge >= 0.3 is 0 Å². The highest BCUT2D eigenvalue weighted by atomic mass is 35.5. The van der Waals surface area contributed by atoms with Crippen molar-refractivity contribution in [3.63, 3.8) is 0 Å². The lowest BCUT2D eigenvalue weighted by atomic mass is 10.4. The first kappa shape index (κ1) is 11.3. The molecule has 16 heavy (non-hydrogen) atoms. The van der Waals surface area contributed by atoms with E-state index in [-0.39, 0.29) is 5.28 Å². The summed E-state index contributed by atoms with van der Waals surface area (Å²) in [6.45, 7) is 2.78. The summed E-state index contributed by atoms with van der Waals surface area (Å²) in [6, 6.07) is 1.78. The highest BCUT2D eigenvalue weighted by Gasteiger charge is 2.01. The van der Waals surface area contributed by atoms with Crippen LogP contribution in [0.15, 0.2) is 18.5 Å². The number of nitrogens with one attached hydrogen (secondary N) is 1. The number of thiazole rings is 1. The van der Waals surface area contributed by atoms with E-state index in [0.717, 1.165) is 11.4 Å². The molecule has 0 radical (unpaired) electrons. The molecule has 84 valence electrons. The summed E-state index contributed by atoms with van der Waals surface area (Å²) in [5, 5.41) is 4.45. The van der Waals surface area contributed by atoms with Gasteiger partial charge < -0.3 is 5.32 Å². The van der Waals surface area contributed by atoms with Crippen LogP contribution in [0.4, 0.5) is 5.82 Å². The molecule has 4 nitrogen and oxygen atoms in total. The number of anilines is 1.